The van der Waals surface area contributed by atoms with E-state index in [2.05, 4.69) is 67.7 Å². The molecule has 0 unspecified atom stereocenters. The molecule has 0 amide bonds. The van der Waals surface area contributed by atoms with Gasteiger partial charge in [-0.1, -0.05) is 79.8 Å². The number of hydrogen-bond donors (Lipinski definition) is 1. The molecule has 2 heteroatoms. The van der Waals surface area contributed by atoms with Gasteiger partial charge in [-0.3, -0.25) is 4.79 Å². The van der Waals surface area contributed by atoms with Crippen LogP contribution < -0.4 is 0 Å². The summed E-state index contributed by atoms with van der Waals surface area (Å²) in [7, 11) is 0. The van der Waals surface area contributed by atoms with Gasteiger partial charge in [0, 0.05) is 6.42 Å². The first-order valence-corrected chi connectivity index (χ1v) is 8.89. The lowest BCUT2D eigenvalue weighted by atomic mass is 10.2. The third kappa shape index (κ3) is 19.9. The lowest BCUT2D eigenvalue weighted by molar-refractivity contribution is -0.136. The van der Waals surface area contributed by atoms with Crippen LogP contribution in [0.1, 0.15) is 58.3 Å². The van der Waals surface area contributed by atoms with E-state index in [0.717, 1.165) is 38.5 Å². The van der Waals surface area contributed by atoms with Crippen LogP contribution in [0.5, 0.6) is 0 Å². The van der Waals surface area contributed by atoms with Crippen molar-refractivity contribution in [3.05, 3.63) is 72.9 Å². The van der Waals surface area contributed by atoms with Crippen molar-refractivity contribution in [3.8, 4) is 0 Å². The van der Waals surface area contributed by atoms with Crippen molar-refractivity contribution in [2.75, 3.05) is 0 Å². The summed E-state index contributed by atoms with van der Waals surface area (Å²) in [4.78, 5) is 10.3. The lowest BCUT2D eigenvalue weighted by Crippen LogP contribution is -1.91. The minimum absolute atomic E-state index is 0.210. The van der Waals surface area contributed by atoms with Crippen LogP contribution >= 0.6 is 0 Å². The summed E-state index contributed by atoms with van der Waals surface area (Å²) < 4.78 is 0. The smallest absolute Gasteiger partial charge is 0.303 e. The van der Waals surface area contributed by atoms with Gasteiger partial charge in [-0.15, -0.1) is 0 Å². The Kier molecular flexibility index (Phi) is 17.3. The second-order valence-corrected chi connectivity index (χ2v) is 5.35. The maximum Gasteiger partial charge on any atom is 0.303 e. The molecule has 0 aliphatic rings. The summed E-state index contributed by atoms with van der Waals surface area (Å²) in [5.41, 5.74) is 0. The molecule has 0 saturated heterocycles. The Hall–Kier alpha value is -2.09. The Labute approximate surface area is 147 Å². The molecule has 0 rings (SSSR count). The van der Waals surface area contributed by atoms with Crippen LogP contribution in [0.25, 0.3) is 0 Å². The molecule has 0 heterocycles. The molecular formula is C22H32O2. The van der Waals surface area contributed by atoms with Gasteiger partial charge in [-0.2, -0.15) is 0 Å². The maximum atomic E-state index is 10.3. The van der Waals surface area contributed by atoms with Gasteiger partial charge >= 0.3 is 5.97 Å². The maximum absolute atomic E-state index is 10.3. The van der Waals surface area contributed by atoms with Crippen molar-refractivity contribution >= 4 is 5.97 Å². The SMILES string of the molecule is CC/C=C/C/C=C\C/C=C\C/C=C\C/C=C\C/C=C/CCC(=O)O. The Morgan fingerprint density at radius 3 is 1.29 bits per heavy atom. The van der Waals surface area contributed by atoms with E-state index in [9.17, 15) is 4.79 Å². The highest BCUT2D eigenvalue weighted by molar-refractivity contribution is 5.66. The van der Waals surface area contributed by atoms with Crippen molar-refractivity contribution in [1.29, 1.82) is 0 Å². The molecule has 0 aromatic heterocycles. The fourth-order valence-electron chi connectivity index (χ4n) is 1.85. The highest BCUT2D eigenvalue weighted by Gasteiger charge is 1.90. The average Bonchev–Trinajstić information content (AvgIpc) is 2.56. The zero-order chi connectivity index (χ0) is 17.7. The molecule has 0 radical (unpaired) electrons. The molecule has 0 aliphatic carbocycles. The van der Waals surface area contributed by atoms with E-state index in [1.807, 2.05) is 12.2 Å². The number of carboxylic acid groups (broad SMARTS) is 1. The Morgan fingerprint density at radius 1 is 0.625 bits per heavy atom. The van der Waals surface area contributed by atoms with E-state index < -0.39 is 5.97 Å². The molecular weight excluding hydrogens is 296 g/mol. The molecule has 0 bridgehead atoms. The first kappa shape index (κ1) is 21.9. The highest BCUT2D eigenvalue weighted by Crippen LogP contribution is 1.97. The Bertz CT molecular complexity index is 462. The normalized spacial score (nSPS) is 13.0. The van der Waals surface area contributed by atoms with Crippen LogP contribution in [0.15, 0.2) is 72.9 Å². The Balaban J connectivity index is 3.51. The number of aliphatic carboxylic acids is 1. The van der Waals surface area contributed by atoms with Gasteiger partial charge < -0.3 is 5.11 Å². The number of carbonyl (C=O) groups is 1. The summed E-state index contributed by atoms with van der Waals surface area (Å²) >= 11 is 0. The molecule has 1 N–H and O–H groups in total. The predicted molar refractivity (Wildman–Crippen MR) is 105 cm³/mol. The highest BCUT2D eigenvalue weighted by atomic mass is 16.4. The van der Waals surface area contributed by atoms with Crippen LogP contribution in [0.2, 0.25) is 0 Å². The minimum atomic E-state index is -0.741. The van der Waals surface area contributed by atoms with E-state index in [1.165, 1.54) is 0 Å². The van der Waals surface area contributed by atoms with Gasteiger partial charge in [0.05, 0.1) is 0 Å². The number of carboxylic acids is 1. The standard InChI is InChI=1S/C22H32O2/c1-2-3-4-5-6-7-8-9-10-11-12-13-14-15-16-17-18-19-20-21-22(23)24/h3-4,6-7,9-10,12-13,15-16,18-19H,2,5,8,11,14,17,20-21H2,1H3,(H,23,24)/b4-3+,7-6-,10-9-,13-12-,16-15-,19-18+. The van der Waals surface area contributed by atoms with Crippen LogP contribution in [-0.4, -0.2) is 11.1 Å². The molecule has 0 saturated carbocycles. The number of hydrogen-bond acceptors (Lipinski definition) is 1. The Morgan fingerprint density at radius 2 is 0.958 bits per heavy atom. The van der Waals surface area contributed by atoms with E-state index in [0.29, 0.717) is 6.42 Å². The van der Waals surface area contributed by atoms with Crippen molar-refractivity contribution in [1.82, 2.24) is 0 Å². The minimum Gasteiger partial charge on any atom is -0.481 e. The van der Waals surface area contributed by atoms with Gasteiger partial charge in [0.15, 0.2) is 0 Å². The van der Waals surface area contributed by atoms with E-state index in [1.54, 1.807) is 0 Å². The second-order valence-electron chi connectivity index (χ2n) is 5.35. The summed E-state index contributed by atoms with van der Waals surface area (Å²) in [6.45, 7) is 2.15. The summed E-state index contributed by atoms with van der Waals surface area (Å²) in [5.74, 6) is -0.741. The monoisotopic (exact) mass is 328 g/mol. The van der Waals surface area contributed by atoms with Crippen LogP contribution in [-0.2, 0) is 4.79 Å². The van der Waals surface area contributed by atoms with Gasteiger partial charge in [0.25, 0.3) is 0 Å². The third-order valence-electron chi connectivity index (χ3n) is 3.12. The summed E-state index contributed by atoms with van der Waals surface area (Å²) in [5, 5.41) is 8.49. The summed E-state index contributed by atoms with van der Waals surface area (Å²) in [6, 6.07) is 0. The molecule has 0 aliphatic heterocycles. The molecule has 0 fully saturated rings. The molecule has 0 aromatic rings. The number of allylic oxidation sites excluding steroid dienone is 12. The molecule has 0 aromatic carbocycles. The third-order valence-corrected chi connectivity index (χ3v) is 3.12. The van der Waals surface area contributed by atoms with Crippen molar-refractivity contribution in [2.45, 2.75) is 58.3 Å². The quantitative estimate of drug-likeness (QED) is 0.367. The van der Waals surface area contributed by atoms with Crippen molar-refractivity contribution in [2.24, 2.45) is 0 Å². The van der Waals surface area contributed by atoms with Crippen molar-refractivity contribution < 1.29 is 9.90 Å². The zero-order valence-corrected chi connectivity index (χ0v) is 14.9. The first-order valence-electron chi connectivity index (χ1n) is 8.89. The topological polar surface area (TPSA) is 37.3 Å². The van der Waals surface area contributed by atoms with Gasteiger partial charge in [-0.25, -0.2) is 0 Å². The fourth-order valence-corrected chi connectivity index (χ4v) is 1.85. The first-order chi connectivity index (χ1) is 11.8. The van der Waals surface area contributed by atoms with Crippen molar-refractivity contribution in [3.63, 3.8) is 0 Å². The van der Waals surface area contributed by atoms with Gasteiger partial charge in [-0.05, 0) is 44.9 Å². The van der Waals surface area contributed by atoms with Gasteiger partial charge in [0.1, 0.15) is 0 Å². The van der Waals surface area contributed by atoms with E-state index >= 15 is 0 Å². The summed E-state index contributed by atoms with van der Waals surface area (Å²) in [6.07, 6.45) is 32.5. The molecule has 2 nitrogen and oxygen atoms in total. The van der Waals surface area contributed by atoms with Gasteiger partial charge in [0.2, 0.25) is 0 Å². The molecule has 132 valence electrons. The molecule has 0 atom stereocenters. The van der Waals surface area contributed by atoms with E-state index in [4.69, 9.17) is 5.11 Å². The lowest BCUT2D eigenvalue weighted by Gasteiger charge is -1.87. The van der Waals surface area contributed by atoms with Crippen LogP contribution in [0.3, 0.4) is 0 Å². The second kappa shape index (κ2) is 19.0. The van der Waals surface area contributed by atoms with Crippen LogP contribution in [0, 0.1) is 0 Å². The number of rotatable bonds is 14. The predicted octanol–water partition coefficient (Wildman–Crippen LogP) is 6.55. The zero-order valence-electron chi connectivity index (χ0n) is 14.9. The largest absolute Gasteiger partial charge is 0.481 e. The fraction of sp³-hybridized carbons (Fsp3) is 0.409. The molecule has 0 spiro atoms. The average molecular weight is 328 g/mol. The van der Waals surface area contributed by atoms with E-state index in [-0.39, 0.29) is 6.42 Å². The van der Waals surface area contributed by atoms with Crippen LogP contribution in [0.4, 0.5) is 0 Å². The molecule has 24 heavy (non-hydrogen) atoms.